The van der Waals surface area contributed by atoms with Crippen LogP contribution >= 0.6 is 0 Å². The molecule has 0 aliphatic carbocycles. The summed E-state index contributed by atoms with van der Waals surface area (Å²) in [5, 5.41) is 3.29. The molecule has 0 unspecified atom stereocenters. The molecule has 143 valence electrons. The summed E-state index contributed by atoms with van der Waals surface area (Å²) in [4.78, 5) is 10.2. The molecule has 0 bridgehead atoms. The van der Waals surface area contributed by atoms with Crippen LogP contribution in [0.4, 0.5) is 11.4 Å². The summed E-state index contributed by atoms with van der Waals surface area (Å²) < 4.78 is 2.12. The molecule has 0 saturated heterocycles. The van der Waals surface area contributed by atoms with E-state index in [1.807, 2.05) is 42.7 Å². The van der Waals surface area contributed by atoms with Crippen LogP contribution in [0.1, 0.15) is 0 Å². The van der Waals surface area contributed by atoms with Gasteiger partial charge in [0, 0.05) is 57.8 Å². The number of hydrogen-bond donors (Lipinski definition) is 0. The molecule has 2 aromatic heterocycles. The summed E-state index contributed by atoms with van der Waals surface area (Å²) in [5.41, 5.74) is 6.01. The molecular weight excluding hydrogens is 537 g/mol. The van der Waals surface area contributed by atoms with Gasteiger partial charge in [0.2, 0.25) is 0 Å². The molecule has 5 rings (SSSR count). The molecule has 5 aromatic rings. The Labute approximate surface area is 182 Å². The van der Waals surface area contributed by atoms with Crippen molar-refractivity contribution in [2.45, 2.75) is 0 Å². The van der Waals surface area contributed by atoms with Crippen molar-refractivity contribution < 1.29 is 20.1 Å². The van der Waals surface area contributed by atoms with Gasteiger partial charge in [-0.25, -0.2) is 4.85 Å². The van der Waals surface area contributed by atoms with E-state index in [4.69, 9.17) is 6.57 Å². The predicted octanol–water partition coefficient (Wildman–Crippen LogP) is 5.72. The number of rotatable bonds is 2. The van der Waals surface area contributed by atoms with Crippen molar-refractivity contribution in [2.75, 3.05) is 19.0 Å². The number of hydrogen-bond acceptors (Lipinski definition) is 2. The Hall–Kier alpha value is -3.19. The quantitative estimate of drug-likeness (QED) is 0.206. The minimum atomic E-state index is 0. The molecule has 0 N–H and O–H groups in total. The SMILES string of the molecule is [C-]#[N+]c1ccc(-c2cc[c-]c3c2c2cc(N(C)C)ccc2n2ccnc32)cc1.[Ir]. The fourth-order valence-corrected chi connectivity index (χ4v) is 3.81. The second-order valence-electron chi connectivity index (χ2n) is 7.02. The Balaban J connectivity index is 0.00000205. The van der Waals surface area contributed by atoms with Gasteiger partial charge in [0.25, 0.3) is 0 Å². The first-order valence-corrected chi connectivity index (χ1v) is 9.06. The van der Waals surface area contributed by atoms with Crippen molar-refractivity contribution in [1.82, 2.24) is 9.38 Å². The van der Waals surface area contributed by atoms with Crippen LogP contribution in [0.5, 0.6) is 0 Å². The van der Waals surface area contributed by atoms with Gasteiger partial charge in [-0.05, 0) is 29.1 Å². The monoisotopic (exact) mass is 554 g/mol. The molecule has 0 atom stereocenters. The van der Waals surface area contributed by atoms with E-state index in [9.17, 15) is 0 Å². The topological polar surface area (TPSA) is 24.9 Å². The zero-order valence-corrected chi connectivity index (χ0v) is 18.4. The third kappa shape index (κ3) is 2.98. The molecule has 5 heteroatoms. The first-order valence-electron chi connectivity index (χ1n) is 9.06. The summed E-state index contributed by atoms with van der Waals surface area (Å²) in [6, 6.07) is 21.7. The van der Waals surface area contributed by atoms with Crippen molar-refractivity contribution in [1.29, 1.82) is 0 Å². The molecule has 3 aromatic carbocycles. The van der Waals surface area contributed by atoms with Crippen LogP contribution in [0, 0.1) is 12.6 Å². The van der Waals surface area contributed by atoms with Crippen LogP contribution in [0.15, 0.2) is 67.0 Å². The first-order chi connectivity index (χ1) is 13.7. The van der Waals surface area contributed by atoms with E-state index in [1.165, 1.54) is 0 Å². The molecule has 2 heterocycles. The molecule has 0 spiro atoms. The van der Waals surface area contributed by atoms with Crippen molar-refractivity contribution in [3.8, 4) is 11.1 Å². The van der Waals surface area contributed by atoms with Crippen molar-refractivity contribution in [3.63, 3.8) is 0 Å². The van der Waals surface area contributed by atoms with Gasteiger partial charge in [-0.15, -0.1) is 18.2 Å². The summed E-state index contributed by atoms with van der Waals surface area (Å²) in [6.07, 6.45) is 3.83. The van der Waals surface area contributed by atoms with E-state index < -0.39 is 0 Å². The Morgan fingerprint density at radius 1 is 1.07 bits per heavy atom. The van der Waals surface area contributed by atoms with E-state index >= 15 is 0 Å². The summed E-state index contributed by atoms with van der Waals surface area (Å²) in [7, 11) is 4.10. The molecular formula is C24H17IrN4-. The number of benzene rings is 3. The Bertz CT molecular complexity index is 1390. The van der Waals surface area contributed by atoms with E-state index in [0.717, 1.165) is 44.1 Å². The second kappa shape index (κ2) is 7.33. The largest absolute Gasteiger partial charge is 0.378 e. The van der Waals surface area contributed by atoms with E-state index in [1.54, 1.807) is 0 Å². The molecule has 4 nitrogen and oxygen atoms in total. The normalized spacial score (nSPS) is 10.8. The Morgan fingerprint density at radius 3 is 2.59 bits per heavy atom. The van der Waals surface area contributed by atoms with Gasteiger partial charge >= 0.3 is 0 Å². The average Bonchev–Trinajstić information content (AvgIpc) is 3.23. The maximum atomic E-state index is 7.20. The third-order valence-corrected chi connectivity index (χ3v) is 5.19. The van der Waals surface area contributed by atoms with Gasteiger partial charge in [-0.3, -0.25) is 4.98 Å². The van der Waals surface area contributed by atoms with Gasteiger partial charge in [0.15, 0.2) is 5.69 Å². The standard InChI is InChI=1S/C24H17N4.Ir/c1-25-17-9-7-16(8-10-17)19-5-4-6-20-23(19)21-15-18(27(2)3)11-12-22(21)28-14-13-26-24(20)28;/h4-5,7-15H,2-3H3;/q-1;. The van der Waals surface area contributed by atoms with Crippen LogP contribution in [-0.4, -0.2) is 23.5 Å². The Kier molecular flexibility index (Phi) is 4.84. The first kappa shape index (κ1) is 19.1. The van der Waals surface area contributed by atoms with Crippen LogP contribution in [-0.2, 0) is 20.1 Å². The number of nitrogens with zero attached hydrogens (tertiary/aromatic N) is 4. The summed E-state index contributed by atoms with van der Waals surface area (Å²) in [5.74, 6) is 0. The fourth-order valence-electron chi connectivity index (χ4n) is 3.81. The molecule has 0 saturated carbocycles. The van der Waals surface area contributed by atoms with Crippen LogP contribution in [0.25, 0.3) is 43.3 Å². The molecule has 0 aliphatic heterocycles. The van der Waals surface area contributed by atoms with E-state index in [0.29, 0.717) is 5.69 Å². The van der Waals surface area contributed by atoms with Gasteiger partial charge in [-0.1, -0.05) is 40.6 Å². The average molecular weight is 554 g/mol. The molecule has 0 amide bonds. The molecule has 0 fully saturated rings. The van der Waals surface area contributed by atoms with Crippen LogP contribution in [0.3, 0.4) is 0 Å². The summed E-state index contributed by atoms with van der Waals surface area (Å²) in [6.45, 7) is 7.20. The molecule has 29 heavy (non-hydrogen) atoms. The summed E-state index contributed by atoms with van der Waals surface area (Å²) >= 11 is 0. The maximum absolute atomic E-state index is 7.20. The Morgan fingerprint density at radius 2 is 1.86 bits per heavy atom. The van der Waals surface area contributed by atoms with Crippen molar-refractivity contribution in [2.24, 2.45) is 0 Å². The van der Waals surface area contributed by atoms with Gasteiger partial charge in [0.05, 0.1) is 12.2 Å². The zero-order chi connectivity index (χ0) is 19.3. The van der Waals surface area contributed by atoms with Crippen molar-refractivity contribution in [3.05, 3.63) is 84.5 Å². The minimum absolute atomic E-state index is 0. The van der Waals surface area contributed by atoms with Gasteiger partial charge in [0.1, 0.15) is 0 Å². The number of anilines is 1. The number of imidazole rings is 1. The predicted molar refractivity (Wildman–Crippen MR) is 115 cm³/mol. The second-order valence-corrected chi connectivity index (χ2v) is 7.02. The molecule has 0 aliphatic rings. The van der Waals surface area contributed by atoms with E-state index in [2.05, 4.69) is 63.6 Å². The minimum Gasteiger partial charge on any atom is -0.378 e. The van der Waals surface area contributed by atoms with Gasteiger partial charge in [-0.2, -0.15) is 0 Å². The fraction of sp³-hybridized carbons (Fsp3) is 0.0833. The van der Waals surface area contributed by atoms with E-state index in [-0.39, 0.29) is 20.1 Å². The molecule has 1 radical (unpaired) electrons. The maximum Gasteiger partial charge on any atom is 0.187 e. The smallest absolute Gasteiger partial charge is 0.187 e. The van der Waals surface area contributed by atoms with Gasteiger partial charge < -0.3 is 9.30 Å². The number of pyridine rings is 1. The van der Waals surface area contributed by atoms with Crippen molar-refractivity contribution >= 4 is 38.7 Å². The number of aromatic nitrogens is 2. The zero-order valence-electron chi connectivity index (χ0n) is 16.0. The third-order valence-electron chi connectivity index (χ3n) is 5.19. The van der Waals surface area contributed by atoms with Crippen LogP contribution in [0.2, 0.25) is 0 Å². The number of fused-ring (bicyclic) bond motifs is 6. The van der Waals surface area contributed by atoms with Crippen LogP contribution < -0.4 is 4.90 Å².